The fraction of sp³-hybridized carbons (Fsp3) is 1.00. The lowest BCUT2D eigenvalue weighted by Crippen LogP contribution is -2.30. The highest BCUT2D eigenvalue weighted by Crippen LogP contribution is 2.11. The highest BCUT2D eigenvalue weighted by atomic mass is 16.5. The van der Waals surface area contributed by atoms with Gasteiger partial charge in [-0.15, -0.1) is 0 Å². The third-order valence-corrected chi connectivity index (χ3v) is 2.87. The second kappa shape index (κ2) is 8.93. The van der Waals surface area contributed by atoms with Crippen LogP contribution in [0.3, 0.4) is 0 Å². The number of methoxy groups -OCH3 is 1. The maximum Gasteiger partial charge on any atom is 0.0591 e. The summed E-state index contributed by atoms with van der Waals surface area (Å²) < 4.78 is 15.9. The highest BCUT2D eigenvalue weighted by molar-refractivity contribution is 4.63. The van der Waals surface area contributed by atoms with Crippen molar-refractivity contribution in [1.29, 1.82) is 0 Å². The van der Waals surface area contributed by atoms with Crippen molar-refractivity contribution in [3.63, 3.8) is 0 Å². The van der Waals surface area contributed by atoms with Crippen molar-refractivity contribution < 1.29 is 14.2 Å². The highest BCUT2D eigenvalue weighted by Gasteiger charge is 2.15. The normalized spacial score (nSPS) is 22.5. The van der Waals surface area contributed by atoms with Gasteiger partial charge in [-0.1, -0.05) is 0 Å². The molecule has 0 aromatic rings. The molecule has 0 saturated carbocycles. The molecule has 96 valence electrons. The smallest absolute Gasteiger partial charge is 0.0591 e. The topological polar surface area (TPSA) is 39.7 Å². The number of nitrogens with one attached hydrogen (secondary N) is 1. The van der Waals surface area contributed by atoms with E-state index in [1.54, 1.807) is 7.11 Å². The largest absolute Gasteiger partial charge is 0.385 e. The first-order valence-corrected chi connectivity index (χ1v) is 6.20. The molecule has 16 heavy (non-hydrogen) atoms. The lowest BCUT2D eigenvalue weighted by Gasteiger charge is -2.14. The van der Waals surface area contributed by atoms with Gasteiger partial charge in [0.2, 0.25) is 0 Å². The van der Waals surface area contributed by atoms with Gasteiger partial charge in [-0.05, 0) is 19.8 Å². The third-order valence-electron chi connectivity index (χ3n) is 2.87. The van der Waals surface area contributed by atoms with Gasteiger partial charge in [0.25, 0.3) is 0 Å². The van der Waals surface area contributed by atoms with Crippen LogP contribution in [0.25, 0.3) is 0 Å². The van der Waals surface area contributed by atoms with Crippen molar-refractivity contribution in [3.8, 4) is 0 Å². The summed E-state index contributed by atoms with van der Waals surface area (Å²) in [6, 6.07) is 0.498. The van der Waals surface area contributed by atoms with Gasteiger partial charge in [0.05, 0.1) is 19.8 Å². The van der Waals surface area contributed by atoms with Gasteiger partial charge >= 0.3 is 0 Å². The van der Waals surface area contributed by atoms with E-state index in [1.165, 1.54) is 0 Å². The molecule has 0 spiro atoms. The Hall–Kier alpha value is -0.160. The number of ether oxygens (including phenoxy) is 3. The first-order valence-electron chi connectivity index (χ1n) is 6.20. The van der Waals surface area contributed by atoms with Crippen molar-refractivity contribution in [2.75, 3.05) is 46.7 Å². The van der Waals surface area contributed by atoms with Crippen LogP contribution in [0, 0.1) is 5.92 Å². The summed E-state index contributed by atoms with van der Waals surface area (Å²) in [5.74, 6) is 0.617. The fourth-order valence-electron chi connectivity index (χ4n) is 1.74. The van der Waals surface area contributed by atoms with E-state index in [2.05, 4.69) is 12.2 Å². The van der Waals surface area contributed by atoms with Crippen LogP contribution in [0.5, 0.6) is 0 Å². The zero-order valence-electron chi connectivity index (χ0n) is 10.5. The van der Waals surface area contributed by atoms with Crippen molar-refractivity contribution in [3.05, 3.63) is 0 Å². The van der Waals surface area contributed by atoms with E-state index in [9.17, 15) is 0 Å². The minimum Gasteiger partial charge on any atom is -0.385 e. The first kappa shape index (κ1) is 13.9. The van der Waals surface area contributed by atoms with E-state index in [0.717, 1.165) is 52.4 Å². The Morgan fingerprint density at radius 2 is 2.31 bits per heavy atom. The van der Waals surface area contributed by atoms with Gasteiger partial charge in [-0.2, -0.15) is 0 Å². The maximum absolute atomic E-state index is 5.60. The molecule has 1 aliphatic rings. The third kappa shape index (κ3) is 6.43. The molecule has 2 unspecified atom stereocenters. The monoisotopic (exact) mass is 231 g/mol. The van der Waals surface area contributed by atoms with Crippen LogP contribution in [-0.2, 0) is 14.2 Å². The molecule has 4 nitrogen and oxygen atoms in total. The van der Waals surface area contributed by atoms with Crippen LogP contribution in [0.1, 0.15) is 19.8 Å². The zero-order valence-corrected chi connectivity index (χ0v) is 10.5. The van der Waals surface area contributed by atoms with Crippen molar-refractivity contribution in [1.82, 2.24) is 5.32 Å². The lowest BCUT2D eigenvalue weighted by molar-refractivity contribution is 0.0894. The summed E-state index contributed by atoms with van der Waals surface area (Å²) in [6.45, 7) is 7.30. The first-order chi connectivity index (χ1) is 7.83. The van der Waals surface area contributed by atoms with Gasteiger partial charge in [0.15, 0.2) is 0 Å². The Labute approximate surface area is 98.6 Å². The van der Waals surface area contributed by atoms with E-state index < -0.39 is 0 Å². The standard InChI is InChI=1S/C12H25NO3/c1-11(3-6-14-2)13-5-8-16-10-12-4-7-15-9-12/h11-13H,3-10H2,1-2H3. The molecule has 0 radical (unpaired) electrons. The van der Waals surface area contributed by atoms with Gasteiger partial charge in [-0.25, -0.2) is 0 Å². The van der Waals surface area contributed by atoms with Gasteiger partial charge < -0.3 is 19.5 Å². The second-order valence-electron chi connectivity index (χ2n) is 4.44. The molecule has 1 heterocycles. The summed E-state index contributed by atoms with van der Waals surface area (Å²) in [7, 11) is 1.74. The molecular formula is C12H25NO3. The second-order valence-corrected chi connectivity index (χ2v) is 4.44. The summed E-state index contributed by atoms with van der Waals surface area (Å²) in [5.41, 5.74) is 0. The summed E-state index contributed by atoms with van der Waals surface area (Å²) in [6.07, 6.45) is 2.20. The molecule has 0 aliphatic carbocycles. The molecule has 1 saturated heterocycles. The van der Waals surface area contributed by atoms with Crippen LogP contribution in [0.4, 0.5) is 0 Å². The van der Waals surface area contributed by atoms with Crippen LogP contribution >= 0.6 is 0 Å². The molecular weight excluding hydrogens is 206 g/mol. The van der Waals surface area contributed by atoms with Crippen molar-refractivity contribution in [2.45, 2.75) is 25.8 Å². The molecule has 1 N–H and O–H groups in total. The average Bonchev–Trinajstić information content (AvgIpc) is 2.79. The van der Waals surface area contributed by atoms with Crippen molar-refractivity contribution >= 4 is 0 Å². The Morgan fingerprint density at radius 3 is 3.00 bits per heavy atom. The lowest BCUT2D eigenvalue weighted by atomic mass is 10.1. The Balaban J connectivity index is 1.83. The van der Waals surface area contributed by atoms with Gasteiger partial charge in [0, 0.05) is 38.8 Å². The minimum atomic E-state index is 0.498. The van der Waals surface area contributed by atoms with Crippen LogP contribution in [0.15, 0.2) is 0 Å². The van der Waals surface area contributed by atoms with Crippen LogP contribution in [-0.4, -0.2) is 52.7 Å². The molecule has 0 aromatic carbocycles. The number of hydrogen-bond acceptors (Lipinski definition) is 4. The maximum atomic E-state index is 5.60. The molecule has 0 amide bonds. The van der Waals surface area contributed by atoms with Crippen LogP contribution in [0.2, 0.25) is 0 Å². The molecule has 1 rings (SSSR count). The number of rotatable bonds is 9. The van der Waals surface area contributed by atoms with Gasteiger partial charge in [0.1, 0.15) is 0 Å². The quantitative estimate of drug-likeness (QED) is 0.602. The zero-order chi connectivity index (χ0) is 11.6. The Morgan fingerprint density at radius 1 is 1.44 bits per heavy atom. The van der Waals surface area contributed by atoms with E-state index in [1.807, 2.05) is 0 Å². The minimum absolute atomic E-state index is 0.498. The van der Waals surface area contributed by atoms with Crippen molar-refractivity contribution in [2.24, 2.45) is 5.92 Å². The predicted molar refractivity (Wildman–Crippen MR) is 63.7 cm³/mol. The predicted octanol–water partition coefficient (Wildman–Crippen LogP) is 1.05. The molecule has 1 aliphatic heterocycles. The summed E-state index contributed by atoms with van der Waals surface area (Å²) >= 11 is 0. The van der Waals surface area contributed by atoms with E-state index in [0.29, 0.717) is 12.0 Å². The Bertz CT molecular complexity index is 160. The van der Waals surface area contributed by atoms with E-state index >= 15 is 0 Å². The Kier molecular flexibility index (Phi) is 7.76. The number of hydrogen-bond donors (Lipinski definition) is 1. The van der Waals surface area contributed by atoms with E-state index in [4.69, 9.17) is 14.2 Å². The SMILES string of the molecule is COCCC(C)NCCOCC1CCOC1. The molecule has 0 bridgehead atoms. The molecule has 2 atom stereocenters. The molecule has 1 fully saturated rings. The van der Waals surface area contributed by atoms with Crippen LogP contribution < -0.4 is 5.32 Å². The van der Waals surface area contributed by atoms with E-state index in [-0.39, 0.29) is 0 Å². The average molecular weight is 231 g/mol. The molecule has 0 aromatic heterocycles. The fourth-order valence-corrected chi connectivity index (χ4v) is 1.74. The molecule has 4 heteroatoms. The summed E-state index contributed by atoms with van der Waals surface area (Å²) in [5, 5.41) is 3.41. The van der Waals surface area contributed by atoms with Gasteiger partial charge in [-0.3, -0.25) is 0 Å². The summed E-state index contributed by atoms with van der Waals surface area (Å²) in [4.78, 5) is 0.